The molecule has 0 aliphatic carbocycles. The van der Waals surface area contributed by atoms with E-state index in [0.29, 0.717) is 30.3 Å². The van der Waals surface area contributed by atoms with E-state index in [1.54, 1.807) is 12.1 Å². The van der Waals surface area contributed by atoms with Gasteiger partial charge < -0.3 is 20.3 Å². The predicted molar refractivity (Wildman–Crippen MR) is 112 cm³/mol. The van der Waals surface area contributed by atoms with Crippen molar-refractivity contribution in [3.05, 3.63) is 36.9 Å². The van der Waals surface area contributed by atoms with Crippen molar-refractivity contribution >= 4 is 17.3 Å². The van der Waals surface area contributed by atoms with E-state index in [9.17, 15) is 4.79 Å². The molecule has 0 aliphatic rings. The molecular formula is C21H35N5O2+2. The third-order valence-corrected chi connectivity index (χ3v) is 5.41. The van der Waals surface area contributed by atoms with Crippen molar-refractivity contribution in [1.82, 2.24) is 4.57 Å². The molecule has 0 unspecified atom stereocenters. The van der Waals surface area contributed by atoms with Gasteiger partial charge in [-0.1, -0.05) is 0 Å². The van der Waals surface area contributed by atoms with Gasteiger partial charge >= 0.3 is 0 Å². The molecule has 2 aromatic rings. The van der Waals surface area contributed by atoms with Gasteiger partial charge in [0.15, 0.2) is 6.54 Å². The summed E-state index contributed by atoms with van der Waals surface area (Å²) < 4.78 is 10.8. The Morgan fingerprint density at radius 3 is 2.57 bits per heavy atom. The molecule has 0 fully saturated rings. The van der Waals surface area contributed by atoms with Crippen LogP contribution in [0, 0.1) is 0 Å². The van der Waals surface area contributed by atoms with Crippen LogP contribution >= 0.6 is 0 Å². The number of hydrogen-bond acceptors (Lipinski definition) is 3. The lowest BCUT2D eigenvalue weighted by atomic mass is 10.2. The highest BCUT2D eigenvalue weighted by Gasteiger charge is 2.25. The molecule has 0 bridgehead atoms. The van der Waals surface area contributed by atoms with E-state index in [2.05, 4.69) is 30.7 Å². The van der Waals surface area contributed by atoms with Crippen molar-refractivity contribution in [3.63, 3.8) is 0 Å². The molecule has 1 aromatic carbocycles. The lowest BCUT2D eigenvalue weighted by Crippen LogP contribution is -2.51. The summed E-state index contributed by atoms with van der Waals surface area (Å²) in [6, 6.07) is 5.38. The Kier molecular flexibility index (Phi) is 7.87. The SMILES string of the molecule is CC[N+](CC)(CC)CC(=O)Nc1cc(N)ccc1OCCCn1cc[n+](C)c1. The number of hydrogen-bond donors (Lipinski definition) is 2. The molecule has 28 heavy (non-hydrogen) atoms. The van der Waals surface area contributed by atoms with E-state index in [4.69, 9.17) is 10.5 Å². The van der Waals surface area contributed by atoms with E-state index in [1.807, 2.05) is 36.4 Å². The molecule has 1 amide bonds. The number of aryl methyl sites for hydroxylation is 2. The van der Waals surface area contributed by atoms with E-state index in [-0.39, 0.29) is 5.91 Å². The number of ether oxygens (including phenoxy) is 1. The predicted octanol–water partition coefficient (Wildman–Crippen LogP) is 2.18. The number of nitrogen functional groups attached to an aromatic ring is 1. The Morgan fingerprint density at radius 1 is 1.25 bits per heavy atom. The molecule has 0 spiro atoms. The lowest BCUT2D eigenvalue weighted by molar-refractivity contribution is -0.915. The van der Waals surface area contributed by atoms with Crippen LogP contribution in [0.4, 0.5) is 11.4 Å². The number of nitrogens with zero attached hydrogens (tertiary/aromatic N) is 3. The second kappa shape index (κ2) is 10.1. The van der Waals surface area contributed by atoms with Crippen LogP contribution in [0.3, 0.4) is 0 Å². The summed E-state index contributed by atoms with van der Waals surface area (Å²) in [6.45, 7) is 11.0. The van der Waals surface area contributed by atoms with Crippen LogP contribution in [0.25, 0.3) is 0 Å². The fraction of sp³-hybridized carbons (Fsp3) is 0.524. The van der Waals surface area contributed by atoms with E-state index in [1.165, 1.54) is 0 Å². The van der Waals surface area contributed by atoms with Crippen molar-refractivity contribution in [3.8, 4) is 5.75 Å². The number of nitrogens with one attached hydrogen (secondary N) is 1. The lowest BCUT2D eigenvalue weighted by Gasteiger charge is -2.35. The number of amides is 1. The molecule has 0 saturated carbocycles. The molecular weight excluding hydrogens is 354 g/mol. The number of rotatable bonds is 11. The zero-order valence-electron chi connectivity index (χ0n) is 17.6. The van der Waals surface area contributed by atoms with Crippen LogP contribution in [0.5, 0.6) is 5.75 Å². The molecule has 0 aliphatic heterocycles. The van der Waals surface area contributed by atoms with Gasteiger partial charge in [0.2, 0.25) is 6.33 Å². The molecule has 154 valence electrons. The molecule has 3 N–H and O–H groups in total. The fourth-order valence-corrected chi connectivity index (χ4v) is 3.33. The summed E-state index contributed by atoms with van der Waals surface area (Å²) in [7, 11) is 2.00. The minimum atomic E-state index is -0.0131. The minimum absolute atomic E-state index is 0.0131. The molecule has 7 heteroatoms. The zero-order valence-corrected chi connectivity index (χ0v) is 17.6. The number of nitrogens with two attached hydrogens (primary N) is 1. The summed E-state index contributed by atoms with van der Waals surface area (Å²) in [5.74, 6) is 0.643. The van der Waals surface area contributed by atoms with Gasteiger partial charge in [0, 0.05) is 12.1 Å². The molecule has 0 radical (unpaired) electrons. The Hall–Kier alpha value is -2.54. The zero-order chi connectivity index (χ0) is 20.6. The average Bonchev–Trinajstić information content (AvgIpc) is 3.10. The van der Waals surface area contributed by atoms with Crippen molar-refractivity contribution in [2.45, 2.75) is 33.7 Å². The summed E-state index contributed by atoms with van der Waals surface area (Å²) in [4.78, 5) is 12.7. The Morgan fingerprint density at radius 2 is 1.96 bits per heavy atom. The average molecular weight is 390 g/mol. The first-order valence-electron chi connectivity index (χ1n) is 10.1. The Balaban J connectivity index is 1.96. The van der Waals surface area contributed by atoms with Crippen molar-refractivity contribution < 1.29 is 18.6 Å². The number of aromatic nitrogens is 2. The number of anilines is 2. The van der Waals surface area contributed by atoms with Crippen LogP contribution in [0.15, 0.2) is 36.9 Å². The van der Waals surface area contributed by atoms with E-state index >= 15 is 0 Å². The number of likely N-dealkylation sites (N-methyl/N-ethyl adjacent to an activating group) is 1. The third-order valence-electron chi connectivity index (χ3n) is 5.41. The van der Waals surface area contributed by atoms with Gasteiger partial charge in [-0.15, -0.1) is 0 Å². The van der Waals surface area contributed by atoms with Crippen molar-refractivity contribution in [1.29, 1.82) is 0 Å². The maximum absolute atomic E-state index is 12.7. The maximum Gasteiger partial charge on any atom is 0.279 e. The normalized spacial score (nSPS) is 11.4. The number of benzene rings is 1. The summed E-state index contributed by atoms with van der Waals surface area (Å²) in [6.07, 6.45) is 6.95. The monoisotopic (exact) mass is 389 g/mol. The molecule has 2 rings (SSSR count). The van der Waals surface area contributed by atoms with Crippen molar-refractivity contribution in [2.75, 3.05) is 43.8 Å². The molecule has 1 aromatic heterocycles. The van der Waals surface area contributed by atoms with Crippen LogP contribution in [0.1, 0.15) is 27.2 Å². The summed E-state index contributed by atoms with van der Waals surface area (Å²) >= 11 is 0. The van der Waals surface area contributed by atoms with Gasteiger partial charge in [-0.3, -0.25) is 4.79 Å². The smallest absolute Gasteiger partial charge is 0.279 e. The summed E-state index contributed by atoms with van der Waals surface area (Å²) in [5.41, 5.74) is 7.17. The van der Waals surface area contributed by atoms with Gasteiger partial charge in [-0.2, -0.15) is 0 Å². The maximum atomic E-state index is 12.7. The van der Waals surface area contributed by atoms with Gasteiger partial charge in [-0.05, 0) is 39.0 Å². The van der Waals surface area contributed by atoms with Crippen LogP contribution < -0.4 is 20.4 Å². The first kappa shape index (κ1) is 21.8. The van der Waals surface area contributed by atoms with E-state index in [0.717, 1.165) is 37.1 Å². The van der Waals surface area contributed by atoms with Gasteiger partial charge in [0.1, 0.15) is 18.1 Å². The largest absolute Gasteiger partial charge is 0.491 e. The molecule has 7 nitrogen and oxygen atoms in total. The highest BCUT2D eigenvalue weighted by atomic mass is 16.5. The first-order valence-corrected chi connectivity index (χ1v) is 10.1. The second-order valence-electron chi connectivity index (χ2n) is 7.27. The Bertz CT molecular complexity index is 760. The quantitative estimate of drug-likeness (QED) is 0.268. The highest BCUT2D eigenvalue weighted by Crippen LogP contribution is 2.27. The first-order chi connectivity index (χ1) is 13.4. The highest BCUT2D eigenvalue weighted by molar-refractivity contribution is 5.93. The molecule has 0 saturated heterocycles. The molecule has 1 heterocycles. The van der Waals surface area contributed by atoms with Crippen LogP contribution in [-0.4, -0.2) is 47.7 Å². The van der Waals surface area contributed by atoms with Crippen LogP contribution in [-0.2, 0) is 18.4 Å². The third kappa shape index (κ3) is 5.99. The fourth-order valence-electron chi connectivity index (χ4n) is 3.33. The molecule has 0 atom stereocenters. The topological polar surface area (TPSA) is 73.2 Å². The number of carbonyl (C=O) groups is 1. The summed E-state index contributed by atoms with van der Waals surface area (Å²) in [5, 5.41) is 3.00. The van der Waals surface area contributed by atoms with Crippen LogP contribution in [0.2, 0.25) is 0 Å². The Labute approximate surface area is 168 Å². The minimum Gasteiger partial charge on any atom is -0.491 e. The standard InChI is InChI=1S/C21H34N5O2/c1-5-26(6-2,7-3)16-21(27)23-19-15-18(22)9-10-20(19)28-14-8-11-25-13-12-24(4)17-25/h9-10,12-13,15,17H,5-8,11,14,16,22H2,1-4H3/q+1/p+1. The number of imidazole rings is 1. The van der Waals surface area contributed by atoms with Gasteiger partial charge in [0.05, 0.1) is 45.5 Å². The van der Waals surface area contributed by atoms with E-state index < -0.39 is 0 Å². The number of carbonyl (C=O) groups excluding carboxylic acids is 1. The number of quaternary nitrogens is 1. The van der Waals surface area contributed by atoms with Gasteiger partial charge in [0.25, 0.3) is 5.91 Å². The van der Waals surface area contributed by atoms with Gasteiger partial charge in [-0.25, -0.2) is 9.13 Å². The van der Waals surface area contributed by atoms with Crippen molar-refractivity contribution in [2.24, 2.45) is 7.05 Å². The second-order valence-corrected chi connectivity index (χ2v) is 7.27.